The second-order valence-electron chi connectivity index (χ2n) is 5.67. The van der Waals surface area contributed by atoms with Crippen LogP contribution in [-0.4, -0.2) is 46.0 Å². The smallest absolute Gasteiger partial charge is 0.243 e. The van der Waals surface area contributed by atoms with E-state index in [1.807, 2.05) is 4.90 Å². The Bertz CT molecular complexity index is 849. The first-order valence-corrected chi connectivity index (χ1v) is 9.20. The lowest BCUT2D eigenvalue weighted by atomic mass is 10.2. The molecule has 1 saturated heterocycles. The molecule has 0 spiro atoms. The molecular weight excluding hydrogens is 350 g/mol. The zero-order valence-electron chi connectivity index (χ0n) is 13.7. The third kappa shape index (κ3) is 3.59. The van der Waals surface area contributed by atoms with Crippen LogP contribution >= 0.6 is 0 Å². The summed E-state index contributed by atoms with van der Waals surface area (Å²) in [5, 5.41) is 0. The van der Waals surface area contributed by atoms with Gasteiger partial charge in [0, 0.05) is 37.9 Å². The number of hydrogen-bond acceptors (Lipinski definition) is 4. The minimum Gasteiger partial charge on any atom is -0.497 e. The highest BCUT2D eigenvalue weighted by Gasteiger charge is 2.28. The molecule has 0 unspecified atom stereocenters. The predicted molar refractivity (Wildman–Crippen MR) is 90.3 cm³/mol. The van der Waals surface area contributed by atoms with Crippen molar-refractivity contribution >= 4 is 15.7 Å². The van der Waals surface area contributed by atoms with Gasteiger partial charge in [-0.2, -0.15) is 4.31 Å². The zero-order chi connectivity index (χ0) is 18.0. The fraction of sp³-hybridized carbons (Fsp3) is 0.294. The molecule has 8 heteroatoms. The molecule has 1 aliphatic heterocycles. The summed E-state index contributed by atoms with van der Waals surface area (Å²) in [6, 6.07) is 9.92. The van der Waals surface area contributed by atoms with E-state index in [0.29, 0.717) is 24.5 Å². The summed E-state index contributed by atoms with van der Waals surface area (Å²) in [5.41, 5.74) is 0.542. The highest BCUT2D eigenvalue weighted by Crippen LogP contribution is 2.23. The van der Waals surface area contributed by atoms with Gasteiger partial charge in [0.2, 0.25) is 10.0 Å². The van der Waals surface area contributed by atoms with Gasteiger partial charge in [-0.05, 0) is 36.4 Å². The van der Waals surface area contributed by atoms with Gasteiger partial charge in [-0.25, -0.2) is 17.2 Å². The molecule has 0 amide bonds. The molecule has 134 valence electrons. The third-order valence-electron chi connectivity index (χ3n) is 4.20. The Hall–Kier alpha value is -2.19. The fourth-order valence-corrected chi connectivity index (χ4v) is 4.19. The lowest BCUT2D eigenvalue weighted by molar-refractivity contribution is 0.384. The molecule has 1 aliphatic rings. The van der Waals surface area contributed by atoms with E-state index in [9.17, 15) is 17.2 Å². The van der Waals surface area contributed by atoms with Crippen LogP contribution in [0.4, 0.5) is 14.5 Å². The number of nitrogens with zero attached hydrogens (tertiary/aromatic N) is 2. The van der Waals surface area contributed by atoms with Gasteiger partial charge in [0.1, 0.15) is 5.75 Å². The van der Waals surface area contributed by atoms with E-state index in [1.165, 1.54) is 29.6 Å². The summed E-state index contributed by atoms with van der Waals surface area (Å²) in [6.45, 7) is 1.35. The lowest BCUT2D eigenvalue weighted by Gasteiger charge is -2.35. The number of piperazine rings is 1. The number of methoxy groups -OCH3 is 1. The summed E-state index contributed by atoms with van der Waals surface area (Å²) in [6.07, 6.45) is 0. The number of hydrogen-bond donors (Lipinski definition) is 0. The number of halogens is 2. The van der Waals surface area contributed by atoms with Crippen molar-refractivity contribution < 1.29 is 21.9 Å². The molecule has 3 rings (SSSR count). The van der Waals surface area contributed by atoms with Crippen molar-refractivity contribution in [2.45, 2.75) is 4.90 Å². The first-order chi connectivity index (χ1) is 11.9. The van der Waals surface area contributed by atoms with E-state index in [1.54, 1.807) is 12.1 Å². The second kappa shape index (κ2) is 6.97. The van der Waals surface area contributed by atoms with Crippen LogP contribution in [0.15, 0.2) is 47.4 Å². The maximum absolute atomic E-state index is 13.4. The van der Waals surface area contributed by atoms with Gasteiger partial charge in [-0.1, -0.05) is 0 Å². The lowest BCUT2D eigenvalue weighted by Crippen LogP contribution is -2.48. The second-order valence-corrected chi connectivity index (χ2v) is 7.60. The Balaban J connectivity index is 1.71. The minimum atomic E-state index is -3.59. The van der Waals surface area contributed by atoms with Crippen molar-refractivity contribution in [1.29, 1.82) is 0 Å². The van der Waals surface area contributed by atoms with Crippen molar-refractivity contribution in [3.63, 3.8) is 0 Å². The maximum atomic E-state index is 13.4. The van der Waals surface area contributed by atoms with Crippen molar-refractivity contribution in [2.24, 2.45) is 0 Å². The Morgan fingerprint density at radius 2 is 1.56 bits per heavy atom. The quantitative estimate of drug-likeness (QED) is 0.832. The van der Waals surface area contributed by atoms with Crippen LogP contribution in [0, 0.1) is 11.6 Å². The summed E-state index contributed by atoms with van der Waals surface area (Å²) in [7, 11) is -2.08. The molecule has 0 atom stereocenters. The van der Waals surface area contributed by atoms with Gasteiger partial charge in [-0.3, -0.25) is 0 Å². The van der Waals surface area contributed by atoms with Crippen molar-refractivity contribution in [2.75, 3.05) is 38.2 Å². The van der Waals surface area contributed by atoms with Crippen LogP contribution < -0.4 is 9.64 Å². The molecule has 1 heterocycles. The van der Waals surface area contributed by atoms with Gasteiger partial charge in [0.25, 0.3) is 0 Å². The van der Waals surface area contributed by atoms with E-state index in [-0.39, 0.29) is 18.0 Å². The summed E-state index contributed by atoms with van der Waals surface area (Å²) in [5.74, 6) is -1.22. The highest BCUT2D eigenvalue weighted by atomic mass is 32.2. The third-order valence-corrected chi connectivity index (χ3v) is 6.12. The average Bonchev–Trinajstić information content (AvgIpc) is 2.64. The molecular formula is C17H18F2N2O3S. The van der Waals surface area contributed by atoms with E-state index in [0.717, 1.165) is 12.1 Å². The van der Waals surface area contributed by atoms with Gasteiger partial charge in [0.05, 0.1) is 12.0 Å². The van der Waals surface area contributed by atoms with Crippen LogP contribution in [-0.2, 0) is 10.0 Å². The fourth-order valence-electron chi connectivity index (χ4n) is 2.77. The van der Waals surface area contributed by atoms with Crippen LogP contribution in [0.3, 0.4) is 0 Å². The topological polar surface area (TPSA) is 49.9 Å². The molecule has 25 heavy (non-hydrogen) atoms. The number of rotatable bonds is 4. The summed E-state index contributed by atoms with van der Waals surface area (Å²) >= 11 is 0. The maximum Gasteiger partial charge on any atom is 0.243 e. The molecule has 0 N–H and O–H groups in total. The Kier molecular flexibility index (Phi) is 4.91. The normalized spacial score (nSPS) is 16.0. The number of ether oxygens (including phenoxy) is 1. The largest absolute Gasteiger partial charge is 0.497 e. The molecule has 0 aromatic heterocycles. The number of benzene rings is 2. The molecule has 0 aliphatic carbocycles. The van der Waals surface area contributed by atoms with E-state index < -0.39 is 21.7 Å². The van der Waals surface area contributed by atoms with Gasteiger partial charge in [0.15, 0.2) is 11.6 Å². The standard InChI is InChI=1S/C17H18F2N2O3S/c1-24-14-3-5-15(6-4-14)25(22,23)21-10-8-20(9-11-21)13-2-7-16(18)17(19)12-13/h2-7,12H,8-11H2,1H3. The van der Waals surface area contributed by atoms with E-state index in [4.69, 9.17) is 4.74 Å². The summed E-state index contributed by atoms with van der Waals surface area (Å²) < 4.78 is 58.2. The van der Waals surface area contributed by atoms with Crippen LogP contribution in [0.5, 0.6) is 5.75 Å². The molecule has 0 radical (unpaired) electrons. The van der Waals surface area contributed by atoms with E-state index in [2.05, 4.69) is 0 Å². The predicted octanol–water partition coefficient (Wildman–Crippen LogP) is 2.48. The minimum absolute atomic E-state index is 0.203. The zero-order valence-corrected chi connectivity index (χ0v) is 14.5. The average molecular weight is 368 g/mol. The molecule has 2 aromatic carbocycles. The van der Waals surface area contributed by atoms with Crippen molar-refractivity contribution in [3.05, 3.63) is 54.1 Å². The molecule has 0 bridgehead atoms. The van der Waals surface area contributed by atoms with Crippen LogP contribution in [0.25, 0.3) is 0 Å². The molecule has 0 saturated carbocycles. The molecule has 5 nitrogen and oxygen atoms in total. The highest BCUT2D eigenvalue weighted by molar-refractivity contribution is 7.89. The monoisotopic (exact) mass is 368 g/mol. The first-order valence-electron chi connectivity index (χ1n) is 7.76. The van der Waals surface area contributed by atoms with Gasteiger partial charge >= 0.3 is 0 Å². The van der Waals surface area contributed by atoms with Gasteiger partial charge < -0.3 is 9.64 Å². The Morgan fingerprint density at radius 3 is 2.12 bits per heavy atom. The molecule has 2 aromatic rings. The Morgan fingerprint density at radius 1 is 0.920 bits per heavy atom. The van der Waals surface area contributed by atoms with Crippen molar-refractivity contribution in [1.82, 2.24) is 4.31 Å². The van der Waals surface area contributed by atoms with Crippen LogP contribution in [0.2, 0.25) is 0 Å². The number of anilines is 1. The Labute approximate surface area is 145 Å². The number of sulfonamides is 1. The summed E-state index contributed by atoms with van der Waals surface area (Å²) in [4.78, 5) is 2.04. The SMILES string of the molecule is COc1ccc(S(=O)(=O)N2CCN(c3ccc(F)c(F)c3)CC2)cc1. The van der Waals surface area contributed by atoms with Gasteiger partial charge in [-0.15, -0.1) is 0 Å². The molecule has 1 fully saturated rings. The first kappa shape index (κ1) is 17.6. The van der Waals surface area contributed by atoms with E-state index >= 15 is 0 Å². The van der Waals surface area contributed by atoms with Crippen LogP contribution in [0.1, 0.15) is 0 Å². The van der Waals surface area contributed by atoms with Crippen molar-refractivity contribution in [3.8, 4) is 5.75 Å².